The Morgan fingerprint density at radius 1 is 1.15 bits per heavy atom. The third-order valence-electron chi connectivity index (χ3n) is 7.11. The molecule has 0 spiro atoms. The van der Waals surface area contributed by atoms with E-state index < -0.39 is 0 Å². The quantitative estimate of drug-likeness (QED) is 0.186. The number of hydrogen-bond acceptors (Lipinski definition) is 6. The second-order valence-corrected chi connectivity index (χ2v) is 12.2. The first-order valence-electron chi connectivity index (χ1n) is 13.1. The lowest BCUT2D eigenvalue weighted by molar-refractivity contribution is -0.113. The van der Waals surface area contributed by atoms with Crippen LogP contribution in [0.1, 0.15) is 29.9 Å². The largest absolute Gasteiger partial charge is 0.372 e. The number of carbonyl (C=O) groups excluding carboxylic acids is 1. The summed E-state index contributed by atoms with van der Waals surface area (Å²) in [6.45, 7) is 6.79. The fourth-order valence-electron chi connectivity index (χ4n) is 5.08. The molecule has 5 aromatic rings. The maximum atomic E-state index is 14.1. The maximum Gasteiger partial charge on any atom is 0.267 e. The highest BCUT2D eigenvalue weighted by Gasteiger charge is 2.29. The zero-order chi connectivity index (χ0) is 27.1. The Morgan fingerprint density at radius 2 is 1.95 bits per heavy atom. The minimum atomic E-state index is -0.153. The zero-order valence-corrected chi connectivity index (χ0v) is 23.7. The number of thioether (sulfide) groups is 1. The number of nitrogens with one attached hydrogen (secondary N) is 1. The number of nitrogens with zero attached hydrogens (tertiary/aromatic N) is 2. The molecular formula is C31H29N3O3S2. The standard InChI is InChI=1S/C31H29N3O3S2/c1-18(2)25-15-23-26(16-37-25)39-29-28(23)30(36)34(21-11-6-8-19(3)14-21)31(33-29)38-17-27(35)32-24-13-7-10-20-9-4-5-12-22(20)24/h4-14,18,25H,15-17H2,1-3H3,(H,32,35)/t25-/m0/s1. The fourth-order valence-corrected chi connectivity index (χ4v) is 7.06. The number of fused-ring (bicyclic) bond motifs is 4. The Hall–Kier alpha value is -3.46. The molecule has 8 heteroatoms. The molecule has 1 amide bonds. The highest BCUT2D eigenvalue weighted by atomic mass is 32.2. The van der Waals surface area contributed by atoms with Crippen molar-refractivity contribution >= 4 is 55.7 Å². The Morgan fingerprint density at radius 3 is 2.77 bits per heavy atom. The van der Waals surface area contributed by atoms with Crippen molar-refractivity contribution < 1.29 is 9.53 Å². The predicted molar refractivity (Wildman–Crippen MR) is 160 cm³/mol. The van der Waals surface area contributed by atoms with Crippen LogP contribution < -0.4 is 10.9 Å². The van der Waals surface area contributed by atoms with Crippen molar-refractivity contribution in [3.05, 3.63) is 93.1 Å². The summed E-state index contributed by atoms with van der Waals surface area (Å²) < 4.78 is 7.74. The third-order valence-corrected chi connectivity index (χ3v) is 9.15. The van der Waals surface area contributed by atoms with E-state index in [-0.39, 0.29) is 23.3 Å². The molecule has 3 aromatic carbocycles. The van der Waals surface area contributed by atoms with Crippen LogP contribution in [0.25, 0.3) is 26.7 Å². The van der Waals surface area contributed by atoms with Crippen LogP contribution >= 0.6 is 23.1 Å². The van der Waals surface area contributed by atoms with Gasteiger partial charge in [0, 0.05) is 22.4 Å². The molecule has 3 heterocycles. The Bertz CT molecular complexity index is 1770. The van der Waals surface area contributed by atoms with Crippen LogP contribution in [0.3, 0.4) is 0 Å². The van der Waals surface area contributed by atoms with Gasteiger partial charge in [0.05, 0.1) is 29.5 Å². The van der Waals surface area contributed by atoms with Gasteiger partial charge in [-0.05, 0) is 47.6 Å². The van der Waals surface area contributed by atoms with Gasteiger partial charge in [0.1, 0.15) is 4.83 Å². The first kappa shape index (κ1) is 25.8. The number of benzene rings is 3. The summed E-state index contributed by atoms with van der Waals surface area (Å²) in [6, 6.07) is 21.7. The molecule has 1 N–H and O–H groups in total. The summed E-state index contributed by atoms with van der Waals surface area (Å²) >= 11 is 2.80. The van der Waals surface area contributed by atoms with Crippen molar-refractivity contribution in [2.75, 3.05) is 11.1 Å². The highest BCUT2D eigenvalue weighted by Crippen LogP contribution is 2.36. The van der Waals surface area contributed by atoms with E-state index in [1.165, 1.54) is 23.1 Å². The van der Waals surface area contributed by atoms with Gasteiger partial charge in [0.25, 0.3) is 5.56 Å². The zero-order valence-electron chi connectivity index (χ0n) is 22.1. The second kappa shape index (κ2) is 10.6. The number of thiophene rings is 1. The van der Waals surface area contributed by atoms with Gasteiger partial charge in [-0.2, -0.15) is 0 Å². The van der Waals surface area contributed by atoms with Gasteiger partial charge in [0.2, 0.25) is 5.91 Å². The third kappa shape index (κ3) is 5.00. The normalized spacial score (nSPS) is 15.1. The first-order chi connectivity index (χ1) is 18.9. The van der Waals surface area contributed by atoms with Crippen LogP contribution in [0.2, 0.25) is 0 Å². The van der Waals surface area contributed by atoms with Gasteiger partial charge in [-0.3, -0.25) is 14.2 Å². The van der Waals surface area contributed by atoms with Crippen LogP contribution in [0, 0.1) is 12.8 Å². The molecule has 0 aliphatic carbocycles. The summed E-state index contributed by atoms with van der Waals surface area (Å²) in [7, 11) is 0. The van der Waals surface area contributed by atoms with E-state index in [0.29, 0.717) is 34.3 Å². The smallest absolute Gasteiger partial charge is 0.267 e. The van der Waals surface area contributed by atoms with E-state index in [1.54, 1.807) is 4.57 Å². The van der Waals surface area contributed by atoms with E-state index >= 15 is 0 Å². The van der Waals surface area contributed by atoms with Crippen LogP contribution in [0.4, 0.5) is 5.69 Å². The van der Waals surface area contributed by atoms with Crippen molar-refractivity contribution in [2.24, 2.45) is 5.92 Å². The Labute approximate surface area is 235 Å². The monoisotopic (exact) mass is 555 g/mol. The van der Waals surface area contributed by atoms with Crippen LogP contribution in [-0.2, 0) is 22.6 Å². The minimum absolute atomic E-state index is 0.0777. The van der Waals surface area contributed by atoms with E-state index in [4.69, 9.17) is 9.72 Å². The lowest BCUT2D eigenvalue weighted by Crippen LogP contribution is -2.28. The Balaban J connectivity index is 1.37. The lowest BCUT2D eigenvalue weighted by atomic mass is 9.96. The number of carbonyl (C=O) groups is 1. The molecule has 6 rings (SSSR count). The molecule has 6 nitrogen and oxygen atoms in total. The van der Waals surface area contributed by atoms with Crippen molar-refractivity contribution in [1.82, 2.24) is 9.55 Å². The van der Waals surface area contributed by atoms with Gasteiger partial charge < -0.3 is 10.1 Å². The molecule has 1 aliphatic rings. The summed E-state index contributed by atoms with van der Waals surface area (Å²) in [6.07, 6.45) is 0.784. The number of hydrogen-bond donors (Lipinski definition) is 1. The molecular weight excluding hydrogens is 526 g/mol. The molecule has 0 saturated heterocycles. The van der Waals surface area contributed by atoms with Crippen molar-refractivity contribution in [3.8, 4) is 5.69 Å². The first-order valence-corrected chi connectivity index (χ1v) is 14.9. The van der Waals surface area contributed by atoms with Crippen molar-refractivity contribution in [3.63, 3.8) is 0 Å². The van der Waals surface area contributed by atoms with Crippen molar-refractivity contribution in [2.45, 2.75) is 45.1 Å². The molecule has 0 saturated carbocycles. The molecule has 0 radical (unpaired) electrons. The fraction of sp³-hybridized carbons (Fsp3) is 0.258. The van der Waals surface area contributed by atoms with Crippen molar-refractivity contribution in [1.29, 1.82) is 0 Å². The maximum absolute atomic E-state index is 14.1. The van der Waals surface area contributed by atoms with E-state index in [1.807, 2.05) is 73.7 Å². The van der Waals surface area contributed by atoms with E-state index in [2.05, 4.69) is 19.2 Å². The van der Waals surface area contributed by atoms with Gasteiger partial charge >= 0.3 is 0 Å². The molecule has 0 fully saturated rings. The molecule has 198 valence electrons. The predicted octanol–water partition coefficient (Wildman–Crippen LogP) is 6.74. The van der Waals surface area contributed by atoms with Gasteiger partial charge in [-0.15, -0.1) is 11.3 Å². The summed E-state index contributed by atoms with van der Waals surface area (Å²) in [5.74, 6) is 0.326. The molecule has 0 bridgehead atoms. The number of aryl methyl sites for hydroxylation is 1. The number of anilines is 1. The number of ether oxygens (including phenoxy) is 1. The minimum Gasteiger partial charge on any atom is -0.372 e. The second-order valence-electron chi connectivity index (χ2n) is 10.2. The van der Waals surface area contributed by atoms with Gasteiger partial charge in [0.15, 0.2) is 5.16 Å². The molecule has 1 aliphatic heterocycles. The highest BCUT2D eigenvalue weighted by molar-refractivity contribution is 7.99. The molecule has 0 unspecified atom stereocenters. The van der Waals surface area contributed by atoms with Crippen LogP contribution in [-0.4, -0.2) is 27.3 Å². The summed E-state index contributed by atoms with van der Waals surface area (Å²) in [5, 5.41) is 6.27. The summed E-state index contributed by atoms with van der Waals surface area (Å²) in [5.41, 5.74) is 3.53. The van der Waals surface area contributed by atoms with E-state index in [9.17, 15) is 9.59 Å². The van der Waals surface area contributed by atoms with Gasteiger partial charge in [-0.25, -0.2) is 4.98 Å². The molecule has 1 atom stereocenters. The Kier molecular flexibility index (Phi) is 7.01. The topological polar surface area (TPSA) is 73.2 Å². The average molecular weight is 556 g/mol. The lowest BCUT2D eigenvalue weighted by Gasteiger charge is -2.26. The van der Waals surface area contributed by atoms with Crippen LogP contribution in [0.5, 0.6) is 0 Å². The summed E-state index contributed by atoms with van der Waals surface area (Å²) in [4.78, 5) is 33.9. The average Bonchev–Trinajstić information content (AvgIpc) is 3.30. The number of amides is 1. The number of rotatable bonds is 6. The SMILES string of the molecule is Cc1cccc(-n2c(SCC(=O)Nc3cccc4ccccc34)nc3sc4c(c3c2=O)C[C@@H](C(C)C)OC4)c1. The molecule has 2 aromatic heterocycles. The van der Waals surface area contributed by atoms with Crippen LogP contribution in [0.15, 0.2) is 76.7 Å². The van der Waals surface area contributed by atoms with Gasteiger partial charge in [-0.1, -0.05) is 74.1 Å². The van der Waals surface area contributed by atoms with E-state index in [0.717, 1.165) is 38.2 Å². The molecule has 39 heavy (non-hydrogen) atoms. The number of aromatic nitrogens is 2.